The van der Waals surface area contributed by atoms with Gasteiger partial charge in [-0.1, -0.05) is 0 Å². The van der Waals surface area contributed by atoms with Crippen LogP contribution < -0.4 is 10.5 Å². The molecule has 0 spiro atoms. The Morgan fingerprint density at radius 3 is 2.52 bits per heavy atom. The lowest BCUT2D eigenvalue weighted by atomic mass is 10.2. The summed E-state index contributed by atoms with van der Waals surface area (Å²) in [5.74, 6) is -0.463. The molecule has 3 rings (SSSR count). The molecule has 0 aliphatic carbocycles. The fourth-order valence-corrected chi connectivity index (χ4v) is 2.65. The molecule has 0 unspecified atom stereocenters. The molecule has 2 aromatic rings. The Labute approximate surface area is 141 Å². The molecular weight excluding hydrogens is 339 g/mol. The number of aromatic nitrogens is 3. The fraction of sp³-hybridized carbons (Fsp3) is 0.400. The topological polar surface area (TPSA) is 86.3 Å². The van der Waals surface area contributed by atoms with E-state index < -0.39 is 18.6 Å². The predicted molar refractivity (Wildman–Crippen MR) is 81.9 cm³/mol. The van der Waals surface area contributed by atoms with Crippen LogP contribution in [0.2, 0.25) is 0 Å². The molecule has 25 heavy (non-hydrogen) atoms. The van der Waals surface area contributed by atoms with E-state index in [4.69, 9.17) is 10.5 Å². The normalized spacial score (nSPS) is 15.8. The average molecular weight is 355 g/mol. The van der Waals surface area contributed by atoms with Crippen molar-refractivity contribution in [3.63, 3.8) is 0 Å². The van der Waals surface area contributed by atoms with Gasteiger partial charge in [-0.2, -0.15) is 13.2 Å². The number of rotatable bonds is 5. The Morgan fingerprint density at radius 1 is 1.36 bits per heavy atom. The summed E-state index contributed by atoms with van der Waals surface area (Å²) in [6.07, 6.45) is -0.537. The monoisotopic (exact) mass is 355 g/mol. The molecule has 1 saturated heterocycles. The highest BCUT2D eigenvalue weighted by atomic mass is 19.4. The number of carbonyl (C=O) groups excluding carboxylic acids is 1. The maximum atomic E-state index is 12.7. The first-order valence-corrected chi connectivity index (χ1v) is 7.46. The maximum absolute atomic E-state index is 12.7. The zero-order valence-corrected chi connectivity index (χ0v) is 13.3. The molecule has 3 heterocycles. The number of ether oxygens (including phenoxy) is 1. The first-order valence-electron chi connectivity index (χ1n) is 7.46. The quantitative estimate of drug-likeness (QED) is 0.874. The summed E-state index contributed by atoms with van der Waals surface area (Å²) in [5.41, 5.74) is 5.10. The summed E-state index contributed by atoms with van der Waals surface area (Å²) in [6, 6.07) is 1.22. The molecule has 2 N–H and O–H groups in total. The number of nitrogens with two attached hydrogens (primary N) is 1. The highest BCUT2D eigenvalue weighted by Crippen LogP contribution is 2.27. The smallest absolute Gasteiger partial charge is 0.406 e. The summed E-state index contributed by atoms with van der Waals surface area (Å²) >= 11 is 0. The van der Waals surface area contributed by atoms with E-state index in [1.807, 2.05) is 7.05 Å². The lowest BCUT2D eigenvalue weighted by Gasteiger charge is -2.35. The SMILES string of the molecule is CN1CC(Oc2cnc(-c3c(C(N)=O)ccn3CC(F)(F)F)nc2)C1. The van der Waals surface area contributed by atoms with Gasteiger partial charge in [0.15, 0.2) is 11.6 Å². The van der Waals surface area contributed by atoms with Gasteiger partial charge in [0, 0.05) is 19.3 Å². The van der Waals surface area contributed by atoms with Gasteiger partial charge in [0.25, 0.3) is 5.91 Å². The number of likely N-dealkylation sites (N-methyl/N-ethyl adjacent to an activating group) is 1. The average Bonchev–Trinajstić information content (AvgIpc) is 2.88. The second-order valence-corrected chi connectivity index (χ2v) is 5.89. The molecule has 0 saturated carbocycles. The second kappa shape index (κ2) is 6.36. The van der Waals surface area contributed by atoms with Crippen LogP contribution in [0.4, 0.5) is 13.2 Å². The van der Waals surface area contributed by atoms with Crippen molar-refractivity contribution in [3.05, 3.63) is 30.2 Å². The Hall–Kier alpha value is -2.62. The number of carbonyl (C=O) groups is 1. The minimum atomic E-state index is -4.46. The molecule has 1 fully saturated rings. The summed E-state index contributed by atoms with van der Waals surface area (Å²) in [6.45, 7) is 0.287. The fourth-order valence-electron chi connectivity index (χ4n) is 2.65. The van der Waals surface area contributed by atoms with E-state index in [2.05, 4.69) is 14.9 Å². The predicted octanol–water partition coefficient (Wildman–Crippen LogP) is 1.30. The molecule has 2 aromatic heterocycles. The summed E-state index contributed by atoms with van der Waals surface area (Å²) in [5, 5.41) is 0. The van der Waals surface area contributed by atoms with Crippen LogP contribution in [0.5, 0.6) is 5.75 Å². The molecule has 1 aliphatic heterocycles. The number of hydrogen-bond donors (Lipinski definition) is 1. The number of nitrogens with zero attached hydrogens (tertiary/aromatic N) is 4. The van der Waals surface area contributed by atoms with Crippen molar-refractivity contribution in [1.29, 1.82) is 0 Å². The van der Waals surface area contributed by atoms with Crippen LogP contribution in [0.15, 0.2) is 24.7 Å². The van der Waals surface area contributed by atoms with Crippen LogP contribution in [0.3, 0.4) is 0 Å². The third kappa shape index (κ3) is 3.90. The standard InChI is InChI=1S/C15H16F3N5O2/c1-22-6-10(7-22)25-9-4-20-14(21-5-9)12-11(13(19)24)2-3-23(12)8-15(16,17)18/h2-5,10H,6-8H2,1H3,(H2,19,24). The van der Waals surface area contributed by atoms with Crippen molar-refractivity contribution in [3.8, 4) is 17.3 Å². The van der Waals surface area contributed by atoms with Gasteiger partial charge < -0.3 is 15.0 Å². The zero-order chi connectivity index (χ0) is 18.2. The Morgan fingerprint density at radius 2 is 2.00 bits per heavy atom. The second-order valence-electron chi connectivity index (χ2n) is 5.89. The Bertz CT molecular complexity index is 766. The van der Waals surface area contributed by atoms with Gasteiger partial charge in [-0.25, -0.2) is 9.97 Å². The van der Waals surface area contributed by atoms with Gasteiger partial charge in [0.05, 0.1) is 23.7 Å². The number of hydrogen-bond acceptors (Lipinski definition) is 5. The van der Waals surface area contributed by atoms with E-state index in [0.29, 0.717) is 5.75 Å². The first-order chi connectivity index (χ1) is 11.7. The zero-order valence-electron chi connectivity index (χ0n) is 13.3. The van der Waals surface area contributed by atoms with Crippen LogP contribution in [0.25, 0.3) is 11.5 Å². The van der Waals surface area contributed by atoms with E-state index in [9.17, 15) is 18.0 Å². The molecule has 1 amide bonds. The van der Waals surface area contributed by atoms with Crippen molar-refractivity contribution in [2.45, 2.75) is 18.8 Å². The number of likely N-dealkylation sites (tertiary alicyclic amines) is 1. The third-order valence-electron chi connectivity index (χ3n) is 3.75. The van der Waals surface area contributed by atoms with Gasteiger partial charge in [0.2, 0.25) is 0 Å². The van der Waals surface area contributed by atoms with E-state index in [0.717, 1.165) is 23.9 Å². The maximum Gasteiger partial charge on any atom is 0.406 e. The summed E-state index contributed by atoms with van der Waals surface area (Å²) < 4.78 is 44.7. The highest BCUT2D eigenvalue weighted by molar-refractivity contribution is 5.98. The van der Waals surface area contributed by atoms with Crippen molar-refractivity contribution in [2.24, 2.45) is 5.73 Å². The van der Waals surface area contributed by atoms with Crippen molar-refractivity contribution in [1.82, 2.24) is 19.4 Å². The lowest BCUT2D eigenvalue weighted by molar-refractivity contribution is -0.140. The molecule has 0 bridgehead atoms. The van der Waals surface area contributed by atoms with Gasteiger partial charge in [0.1, 0.15) is 12.6 Å². The van der Waals surface area contributed by atoms with E-state index in [-0.39, 0.29) is 23.2 Å². The number of primary amides is 1. The van der Waals surface area contributed by atoms with Crippen LogP contribution in [-0.2, 0) is 6.54 Å². The molecular formula is C15H16F3N5O2. The number of alkyl halides is 3. The highest BCUT2D eigenvalue weighted by Gasteiger charge is 2.31. The molecule has 1 aliphatic rings. The van der Waals surface area contributed by atoms with Gasteiger partial charge in [-0.05, 0) is 13.1 Å². The number of halogens is 3. The van der Waals surface area contributed by atoms with Gasteiger partial charge >= 0.3 is 6.18 Å². The van der Waals surface area contributed by atoms with Gasteiger partial charge in [-0.15, -0.1) is 0 Å². The third-order valence-corrected chi connectivity index (χ3v) is 3.75. The first kappa shape index (κ1) is 17.2. The molecule has 0 aromatic carbocycles. The van der Waals surface area contributed by atoms with E-state index >= 15 is 0 Å². The minimum Gasteiger partial charge on any atom is -0.485 e. The van der Waals surface area contributed by atoms with E-state index in [1.165, 1.54) is 18.5 Å². The summed E-state index contributed by atoms with van der Waals surface area (Å²) in [7, 11) is 1.96. The molecule has 0 atom stereocenters. The lowest BCUT2D eigenvalue weighted by Crippen LogP contribution is -2.51. The largest absolute Gasteiger partial charge is 0.485 e. The van der Waals surface area contributed by atoms with Crippen LogP contribution in [0, 0.1) is 0 Å². The molecule has 0 radical (unpaired) electrons. The number of amides is 1. The summed E-state index contributed by atoms with van der Waals surface area (Å²) in [4.78, 5) is 21.7. The van der Waals surface area contributed by atoms with Crippen molar-refractivity contribution in [2.75, 3.05) is 20.1 Å². The Kier molecular flexibility index (Phi) is 4.38. The minimum absolute atomic E-state index is 0.0267. The van der Waals surface area contributed by atoms with Crippen LogP contribution in [0.1, 0.15) is 10.4 Å². The Balaban J connectivity index is 1.86. The van der Waals surface area contributed by atoms with Crippen molar-refractivity contribution < 1.29 is 22.7 Å². The molecule has 134 valence electrons. The van der Waals surface area contributed by atoms with Crippen molar-refractivity contribution >= 4 is 5.91 Å². The molecule has 10 heteroatoms. The molecule has 7 nitrogen and oxygen atoms in total. The van der Waals surface area contributed by atoms with Crippen LogP contribution in [-0.4, -0.2) is 57.8 Å². The van der Waals surface area contributed by atoms with Gasteiger partial charge in [-0.3, -0.25) is 9.69 Å². The van der Waals surface area contributed by atoms with E-state index in [1.54, 1.807) is 0 Å². The van der Waals surface area contributed by atoms with Crippen LogP contribution >= 0.6 is 0 Å².